The summed E-state index contributed by atoms with van der Waals surface area (Å²) in [6, 6.07) is 8.08. The number of nitrogens with zero attached hydrogens (tertiary/aromatic N) is 2. The number of aromatic carboxylic acids is 1. The largest absolute Gasteiger partial charge is 0.478 e. The average Bonchev–Trinajstić information content (AvgIpc) is 2.78. The van der Waals surface area contributed by atoms with Gasteiger partial charge in [-0.05, 0) is 36.4 Å². The lowest BCUT2D eigenvalue weighted by molar-refractivity contribution is 0.0697. The molecule has 1 heterocycles. The molecule has 0 unspecified atom stereocenters. The van der Waals surface area contributed by atoms with Gasteiger partial charge < -0.3 is 9.67 Å². The van der Waals surface area contributed by atoms with Crippen molar-refractivity contribution >= 4 is 17.0 Å². The van der Waals surface area contributed by atoms with Crippen LogP contribution in [-0.2, 0) is 7.05 Å². The summed E-state index contributed by atoms with van der Waals surface area (Å²) in [4.78, 5) is 15.3. The Kier molecular flexibility index (Phi) is 2.94. The Morgan fingerprint density at radius 2 is 1.90 bits per heavy atom. The zero-order valence-electron chi connectivity index (χ0n) is 11.0. The maximum Gasteiger partial charge on any atom is 0.335 e. The van der Waals surface area contributed by atoms with Gasteiger partial charge in [0.05, 0.1) is 16.6 Å². The predicted octanol–water partition coefficient (Wildman–Crippen LogP) is 3.22. The second-order valence-corrected chi connectivity index (χ2v) is 4.63. The van der Waals surface area contributed by atoms with Crippen LogP contribution in [0.3, 0.4) is 0 Å². The van der Waals surface area contributed by atoms with Crippen LogP contribution < -0.4 is 0 Å². The maximum atomic E-state index is 13.3. The first kappa shape index (κ1) is 13.2. The molecule has 0 saturated carbocycles. The van der Waals surface area contributed by atoms with E-state index in [-0.39, 0.29) is 5.56 Å². The molecule has 0 aliphatic rings. The molecule has 0 aliphatic carbocycles. The first-order valence-electron chi connectivity index (χ1n) is 6.12. The fourth-order valence-corrected chi connectivity index (χ4v) is 2.23. The zero-order valence-corrected chi connectivity index (χ0v) is 11.0. The van der Waals surface area contributed by atoms with E-state index in [1.54, 1.807) is 17.7 Å². The highest BCUT2D eigenvalue weighted by molar-refractivity contribution is 5.93. The van der Waals surface area contributed by atoms with Crippen LogP contribution in [0.1, 0.15) is 10.4 Å². The van der Waals surface area contributed by atoms with E-state index in [4.69, 9.17) is 5.11 Å². The molecule has 6 heteroatoms. The zero-order chi connectivity index (χ0) is 15.1. The monoisotopic (exact) mass is 288 g/mol. The third kappa shape index (κ3) is 2.14. The van der Waals surface area contributed by atoms with Crippen LogP contribution in [0.25, 0.3) is 22.4 Å². The van der Waals surface area contributed by atoms with Crippen molar-refractivity contribution in [3.8, 4) is 11.4 Å². The summed E-state index contributed by atoms with van der Waals surface area (Å²) < 4.78 is 28.0. The van der Waals surface area contributed by atoms with Gasteiger partial charge in [-0.25, -0.2) is 18.6 Å². The van der Waals surface area contributed by atoms with Gasteiger partial charge >= 0.3 is 5.97 Å². The number of halogens is 2. The summed E-state index contributed by atoms with van der Waals surface area (Å²) in [6.45, 7) is 0. The van der Waals surface area contributed by atoms with E-state index in [1.165, 1.54) is 18.2 Å². The molecule has 0 amide bonds. The molecule has 0 aliphatic heterocycles. The second-order valence-electron chi connectivity index (χ2n) is 4.63. The molecule has 3 rings (SSSR count). The van der Waals surface area contributed by atoms with E-state index in [0.29, 0.717) is 22.4 Å². The normalized spacial score (nSPS) is 11.0. The van der Waals surface area contributed by atoms with Gasteiger partial charge in [-0.15, -0.1) is 0 Å². The lowest BCUT2D eigenvalue weighted by Gasteiger charge is -2.03. The molecule has 1 aromatic heterocycles. The quantitative estimate of drug-likeness (QED) is 0.787. The van der Waals surface area contributed by atoms with Crippen LogP contribution in [-0.4, -0.2) is 20.6 Å². The number of carbonyl (C=O) groups is 1. The van der Waals surface area contributed by atoms with E-state index >= 15 is 0 Å². The molecule has 0 saturated heterocycles. The fourth-order valence-electron chi connectivity index (χ4n) is 2.23. The molecular formula is C15H10F2N2O2. The minimum absolute atomic E-state index is 0.123. The van der Waals surface area contributed by atoms with E-state index in [0.717, 1.165) is 12.1 Å². The lowest BCUT2D eigenvalue weighted by Crippen LogP contribution is -1.96. The third-order valence-electron chi connectivity index (χ3n) is 3.31. The van der Waals surface area contributed by atoms with Crippen LogP contribution in [0, 0.1) is 11.6 Å². The topological polar surface area (TPSA) is 55.1 Å². The lowest BCUT2D eigenvalue weighted by atomic mass is 10.2. The van der Waals surface area contributed by atoms with E-state index in [2.05, 4.69) is 4.98 Å². The SMILES string of the molecule is Cn1c(-c2ccc(F)c(F)c2)nc2cc(C(=O)O)ccc21. The Labute approximate surface area is 118 Å². The Morgan fingerprint density at radius 1 is 1.14 bits per heavy atom. The van der Waals surface area contributed by atoms with Gasteiger partial charge in [0.15, 0.2) is 11.6 Å². The molecule has 1 N–H and O–H groups in total. The Hall–Kier alpha value is -2.76. The average molecular weight is 288 g/mol. The Balaban J connectivity index is 2.21. The highest BCUT2D eigenvalue weighted by Gasteiger charge is 2.13. The molecule has 3 aromatic rings. The Bertz CT molecular complexity index is 871. The summed E-state index contributed by atoms with van der Waals surface area (Å²) in [7, 11) is 1.73. The molecule has 0 bridgehead atoms. The highest BCUT2D eigenvalue weighted by Crippen LogP contribution is 2.25. The third-order valence-corrected chi connectivity index (χ3v) is 3.31. The molecule has 0 radical (unpaired) electrons. The predicted molar refractivity (Wildman–Crippen MR) is 73.0 cm³/mol. The molecular weight excluding hydrogens is 278 g/mol. The summed E-state index contributed by atoms with van der Waals surface area (Å²) in [5, 5.41) is 8.98. The number of carboxylic acids is 1. The maximum absolute atomic E-state index is 13.3. The van der Waals surface area contributed by atoms with Gasteiger partial charge in [-0.3, -0.25) is 0 Å². The van der Waals surface area contributed by atoms with Crippen LogP contribution in [0.15, 0.2) is 36.4 Å². The Morgan fingerprint density at radius 3 is 2.57 bits per heavy atom. The first-order chi connectivity index (χ1) is 9.97. The number of aryl methyl sites for hydroxylation is 1. The van der Waals surface area contributed by atoms with Gasteiger partial charge in [0.2, 0.25) is 0 Å². The summed E-state index contributed by atoms with van der Waals surface area (Å²) >= 11 is 0. The summed E-state index contributed by atoms with van der Waals surface area (Å²) in [5.41, 5.74) is 1.73. The molecule has 106 valence electrons. The van der Waals surface area contributed by atoms with Crippen molar-refractivity contribution < 1.29 is 18.7 Å². The minimum atomic E-state index is -1.04. The fraction of sp³-hybridized carbons (Fsp3) is 0.0667. The number of hydrogen-bond acceptors (Lipinski definition) is 2. The first-order valence-corrected chi connectivity index (χ1v) is 6.12. The number of aromatic nitrogens is 2. The summed E-state index contributed by atoms with van der Waals surface area (Å²) in [5.74, 6) is -2.49. The molecule has 0 atom stereocenters. The van der Waals surface area contributed by atoms with Crippen LogP contribution in [0.4, 0.5) is 8.78 Å². The van der Waals surface area contributed by atoms with Crippen LogP contribution in [0.2, 0.25) is 0 Å². The number of rotatable bonds is 2. The van der Waals surface area contributed by atoms with Gasteiger partial charge in [0, 0.05) is 12.6 Å². The molecule has 0 fully saturated rings. The van der Waals surface area contributed by atoms with Crippen molar-refractivity contribution in [1.82, 2.24) is 9.55 Å². The van der Waals surface area contributed by atoms with Gasteiger partial charge in [0.25, 0.3) is 0 Å². The van der Waals surface area contributed by atoms with E-state index < -0.39 is 17.6 Å². The number of benzene rings is 2. The van der Waals surface area contributed by atoms with Crippen molar-refractivity contribution in [2.45, 2.75) is 0 Å². The van der Waals surface area contributed by atoms with Crippen molar-refractivity contribution in [1.29, 1.82) is 0 Å². The van der Waals surface area contributed by atoms with Crippen molar-refractivity contribution in [2.24, 2.45) is 7.05 Å². The molecule has 0 spiro atoms. The number of hydrogen-bond donors (Lipinski definition) is 1. The number of imidazole rings is 1. The van der Waals surface area contributed by atoms with Crippen molar-refractivity contribution in [2.75, 3.05) is 0 Å². The molecule has 4 nitrogen and oxygen atoms in total. The molecule has 2 aromatic carbocycles. The standard InChI is InChI=1S/C15H10F2N2O2/c1-19-13-5-3-9(15(20)21)7-12(13)18-14(19)8-2-4-10(16)11(17)6-8/h2-7H,1H3,(H,20,21). The van der Waals surface area contributed by atoms with Gasteiger partial charge in [-0.1, -0.05) is 0 Å². The smallest absolute Gasteiger partial charge is 0.335 e. The van der Waals surface area contributed by atoms with Crippen molar-refractivity contribution in [3.05, 3.63) is 53.6 Å². The second kappa shape index (κ2) is 4.66. The van der Waals surface area contributed by atoms with Crippen LogP contribution in [0.5, 0.6) is 0 Å². The van der Waals surface area contributed by atoms with Crippen molar-refractivity contribution in [3.63, 3.8) is 0 Å². The number of fused-ring (bicyclic) bond motifs is 1. The summed E-state index contributed by atoms with van der Waals surface area (Å²) in [6.07, 6.45) is 0. The number of carboxylic acid groups (broad SMARTS) is 1. The van der Waals surface area contributed by atoms with Gasteiger partial charge in [0.1, 0.15) is 5.82 Å². The van der Waals surface area contributed by atoms with E-state index in [9.17, 15) is 13.6 Å². The minimum Gasteiger partial charge on any atom is -0.478 e. The van der Waals surface area contributed by atoms with Crippen LogP contribution >= 0.6 is 0 Å². The highest BCUT2D eigenvalue weighted by atomic mass is 19.2. The van der Waals surface area contributed by atoms with E-state index in [1.807, 2.05) is 0 Å². The molecule has 21 heavy (non-hydrogen) atoms. The van der Waals surface area contributed by atoms with Gasteiger partial charge in [-0.2, -0.15) is 0 Å².